The number of rotatable bonds is 1. The Morgan fingerprint density at radius 2 is 2.50 bits per heavy atom. The fourth-order valence-electron chi connectivity index (χ4n) is 0.690. The summed E-state index contributed by atoms with van der Waals surface area (Å²) < 4.78 is 0. The molecule has 1 rings (SSSR count). The van der Waals surface area contributed by atoms with E-state index >= 15 is 0 Å². The predicted molar refractivity (Wildman–Crippen MR) is 52.0 cm³/mol. The van der Waals surface area contributed by atoms with Crippen LogP contribution in [0, 0.1) is 18.8 Å². The summed E-state index contributed by atoms with van der Waals surface area (Å²) in [7, 11) is 0. The van der Waals surface area contributed by atoms with Crippen LogP contribution < -0.4 is 5.73 Å². The van der Waals surface area contributed by atoms with Crippen molar-refractivity contribution in [2.24, 2.45) is 5.73 Å². The first kappa shape index (κ1) is 9.24. The average molecular weight is 180 g/mol. The molecule has 0 saturated heterocycles. The highest BCUT2D eigenvalue weighted by Crippen LogP contribution is 2.05. The lowest BCUT2D eigenvalue weighted by Gasteiger charge is -1.93. The molecule has 0 spiro atoms. The minimum Gasteiger partial charge on any atom is -0.318 e. The van der Waals surface area contributed by atoms with E-state index in [-0.39, 0.29) is 6.04 Å². The second-order valence-electron chi connectivity index (χ2n) is 2.54. The standard InChI is InChI=1S/C9H12N2S/c1-3-8(10)4-5-9-6-12-7(2)11-9/h6,8H,3,10H2,1-2H3. The zero-order chi connectivity index (χ0) is 8.97. The van der Waals surface area contributed by atoms with Crippen LogP contribution in [0.2, 0.25) is 0 Å². The molecule has 2 nitrogen and oxygen atoms in total. The van der Waals surface area contributed by atoms with Crippen molar-refractivity contribution in [2.75, 3.05) is 0 Å². The molecule has 1 aromatic heterocycles. The third-order valence-corrected chi connectivity index (χ3v) is 2.22. The van der Waals surface area contributed by atoms with E-state index in [0.29, 0.717) is 0 Å². The van der Waals surface area contributed by atoms with Crippen LogP contribution in [-0.4, -0.2) is 11.0 Å². The molecule has 12 heavy (non-hydrogen) atoms. The molecule has 2 N–H and O–H groups in total. The van der Waals surface area contributed by atoms with Gasteiger partial charge in [0.1, 0.15) is 5.69 Å². The number of aromatic nitrogens is 1. The summed E-state index contributed by atoms with van der Waals surface area (Å²) in [6.45, 7) is 3.99. The Hall–Kier alpha value is -0.850. The summed E-state index contributed by atoms with van der Waals surface area (Å²) in [5.74, 6) is 5.87. The largest absolute Gasteiger partial charge is 0.318 e. The zero-order valence-electron chi connectivity index (χ0n) is 7.29. The third-order valence-electron chi connectivity index (χ3n) is 1.44. The summed E-state index contributed by atoms with van der Waals surface area (Å²) >= 11 is 1.61. The van der Waals surface area contributed by atoms with Crippen molar-refractivity contribution in [2.45, 2.75) is 26.3 Å². The van der Waals surface area contributed by atoms with Gasteiger partial charge in [-0.3, -0.25) is 0 Å². The van der Waals surface area contributed by atoms with Crippen molar-refractivity contribution >= 4 is 11.3 Å². The van der Waals surface area contributed by atoms with Gasteiger partial charge in [-0.1, -0.05) is 12.8 Å². The molecule has 0 aromatic carbocycles. The number of nitrogens with zero attached hydrogens (tertiary/aromatic N) is 1. The first-order valence-corrected chi connectivity index (χ1v) is 4.79. The van der Waals surface area contributed by atoms with Crippen LogP contribution in [0.5, 0.6) is 0 Å². The SMILES string of the molecule is CCC(N)C#Cc1csc(C)n1. The Bertz CT molecular complexity index is 306. The van der Waals surface area contributed by atoms with Crippen molar-refractivity contribution < 1.29 is 0 Å². The predicted octanol–water partition coefficient (Wildman–Crippen LogP) is 1.54. The summed E-state index contributed by atoms with van der Waals surface area (Å²) in [6, 6.07) is -0.0213. The molecular weight excluding hydrogens is 168 g/mol. The normalized spacial score (nSPS) is 11.9. The summed E-state index contributed by atoms with van der Waals surface area (Å²) in [5.41, 5.74) is 6.46. The molecule has 0 aliphatic heterocycles. The van der Waals surface area contributed by atoms with Crippen molar-refractivity contribution in [1.82, 2.24) is 4.98 Å². The second kappa shape index (κ2) is 4.24. The molecule has 0 amide bonds. The monoisotopic (exact) mass is 180 g/mol. The number of nitrogens with two attached hydrogens (primary N) is 1. The number of hydrogen-bond acceptors (Lipinski definition) is 3. The Morgan fingerprint density at radius 3 is 3.00 bits per heavy atom. The molecule has 1 atom stereocenters. The molecule has 0 bridgehead atoms. The fourth-order valence-corrected chi connectivity index (χ4v) is 1.23. The van der Waals surface area contributed by atoms with Gasteiger partial charge in [0.2, 0.25) is 0 Å². The zero-order valence-corrected chi connectivity index (χ0v) is 8.11. The van der Waals surface area contributed by atoms with Gasteiger partial charge in [0.25, 0.3) is 0 Å². The topological polar surface area (TPSA) is 38.9 Å². The van der Waals surface area contributed by atoms with Crippen LogP contribution in [-0.2, 0) is 0 Å². The van der Waals surface area contributed by atoms with Gasteiger partial charge in [-0.15, -0.1) is 11.3 Å². The number of thiazole rings is 1. The van der Waals surface area contributed by atoms with Gasteiger partial charge < -0.3 is 5.73 Å². The van der Waals surface area contributed by atoms with Gasteiger partial charge in [0.05, 0.1) is 11.0 Å². The molecule has 1 unspecified atom stereocenters. The Balaban J connectivity index is 2.66. The number of hydrogen-bond donors (Lipinski definition) is 1. The summed E-state index contributed by atoms with van der Waals surface area (Å²) in [4.78, 5) is 4.21. The van der Waals surface area contributed by atoms with Crippen molar-refractivity contribution in [1.29, 1.82) is 0 Å². The molecule has 0 radical (unpaired) electrons. The van der Waals surface area contributed by atoms with Crippen LogP contribution in [0.15, 0.2) is 5.38 Å². The molecule has 0 aliphatic carbocycles. The number of aryl methyl sites for hydroxylation is 1. The third kappa shape index (κ3) is 2.65. The van der Waals surface area contributed by atoms with E-state index in [9.17, 15) is 0 Å². The van der Waals surface area contributed by atoms with Crippen molar-refractivity contribution in [3.8, 4) is 11.8 Å². The molecular formula is C9H12N2S. The van der Waals surface area contributed by atoms with Gasteiger partial charge >= 0.3 is 0 Å². The Labute approximate surface area is 76.8 Å². The Kier molecular flexibility index (Phi) is 3.27. The van der Waals surface area contributed by atoms with E-state index in [4.69, 9.17) is 5.73 Å². The van der Waals surface area contributed by atoms with Crippen LogP contribution in [0.1, 0.15) is 24.0 Å². The van der Waals surface area contributed by atoms with E-state index in [0.717, 1.165) is 17.1 Å². The highest BCUT2D eigenvalue weighted by Gasteiger charge is 1.93. The first-order valence-electron chi connectivity index (χ1n) is 3.91. The smallest absolute Gasteiger partial charge is 0.124 e. The molecule has 3 heteroatoms. The van der Waals surface area contributed by atoms with Gasteiger partial charge in [-0.25, -0.2) is 4.98 Å². The first-order chi connectivity index (χ1) is 5.72. The lowest BCUT2D eigenvalue weighted by Crippen LogP contribution is -2.15. The van der Waals surface area contributed by atoms with E-state index < -0.39 is 0 Å². The summed E-state index contributed by atoms with van der Waals surface area (Å²) in [6.07, 6.45) is 0.885. The summed E-state index contributed by atoms with van der Waals surface area (Å²) in [5, 5.41) is 2.99. The van der Waals surface area contributed by atoms with Crippen LogP contribution in [0.4, 0.5) is 0 Å². The van der Waals surface area contributed by atoms with Gasteiger partial charge in [-0.05, 0) is 19.3 Å². The molecule has 0 fully saturated rings. The fraction of sp³-hybridized carbons (Fsp3) is 0.444. The van der Waals surface area contributed by atoms with Gasteiger partial charge in [0, 0.05) is 5.38 Å². The minimum atomic E-state index is -0.0213. The van der Waals surface area contributed by atoms with E-state index in [1.165, 1.54) is 0 Å². The maximum atomic E-state index is 5.63. The molecule has 1 heterocycles. The highest BCUT2D eigenvalue weighted by atomic mass is 32.1. The maximum absolute atomic E-state index is 5.63. The maximum Gasteiger partial charge on any atom is 0.124 e. The van der Waals surface area contributed by atoms with E-state index in [2.05, 4.69) is 16.8 Å². The minimum absolute atomic E-state index is 0.0213. The van der Waals surface area contributed by atoms with Crippen molar-refractivity contribution in [3.63, 3.8) is 0 Å². The van der Waals surface area contributed by atoms with E-state index in [1.54, 1.807) is 11.3 Å². The van der Waals surface area contributed by atoms with Crippen LogP contribution in [0.25, 0.3) is 0 Å². The molecule has 0 saturated carbocycles. The lowest BCUT2D eigenvalue weighted by molar-refractivity contribution is 0.806. The van der Waals surface area contributed by atoms with Gasteiger partial charge in [-0.2, -0.15) is 0 Å². The van der Waals surface area contributed by atoms with Crippen LogP contribution in [0.3, 0.4) is 0 Å². The van der Waals surface area contributed by atoms with E-state index in [1.807, 2.05) is 19.2 Å². The Morgan fingerprint density at radius 1 is 1.75 bits per heavy atom. The van der Waals surface area contributed by atoms with Crippen molar-refractivity contribution in [3.05, 3.63) is 16.1 Å². The quantitative estimate of drug-likeness (QED) is 0.666. The second-order valence-corrected chi connectivity index (χ2v) is 3.60. The molecule has 1 aromatic rings. The highest BCUT2D eigenvalue weighted by molar-refractivity contribution is 7.09. The average Bonchev–Trinajstić information content (AvgIpc) is 2.47. The van der Waals surface area contributed by atoms with Gasteiger partial charge in [0.15, 0.2) is 0 Å². The lowest BCUT2D eigenvalue weighted by atomic mass is 10.2. The van der Waals surface area contributed by atoms with Crippen LogP contribution >= 0.6 is 11.3 Å². The molecule has 64 valence electrons. The molecule has 0 aliphatic rings.